The minimum absolute atomic E-state index is 0.171. The standard InChI is InChI=1S/C24H38O4/c1-2-3-4-5-6-7-8-9-10-11-12-13-14-15-16-17-18-19-24(25)28-23-20-26-22-27-21-23/h6-7,9-10,12-13,15-16,23H,2-5,8,11,14,17-22H2,1H3/b7-6-,10-9-,13-12-,16-15-. The van der Waals surface area contributed by atoms with E-state index in [-0.39, 0.29) is 12.1 Å². The van der Waals surface area contributed by atoms with Crippen LogP contribution in [0.25, 0.3) is 0 Å². The Kier molecular flexibility index (Phi) is 16.3. The maximum Gasteiger partial charge on any atom is 0.306 e. The van der Waals surface area contributed by atoms with Crippen LogP contribution in [0.1, 0.15) is 71.1 Å². The number of esters is 1. The van der Waals surface area contributed by atoms with Crippen LogP contribution in [0.5, 0.6) is 0 Å². The first kappa shape index (κ1) is 24.4. The van der Waals surface area contributed by atoms with Crippen molar-refractivity contribution in [1.29, 1.82) is 0 Å². The molecule has 4 nitrogen and oxygen atoms in total. The maximum absolute atomic E-state index is 11.7. The van der Waals surface area contributed by atoms with Gasteiger partial charge in [-0.15, -0.1) is 0 Å². The highest BCUT2D eigenvalue weighted by atomic mass is 16.7. The normalized spacial score (nSPS) is 16.2. The van der Waals surface area contributed by atoms with Gasteiger partial charge < -0.3 is 14.2 Å². The van der Waals surface area contributed by atoms with Crippen molar-refractivity contribution >= 4 is 5.97 Å². The summed E-state index contributed by atoms with van der Waals surface area (Å²) in [6.07, 6.45) is 27.6. The van der Waals surface area contributed by atoms with Gasteiger partial charge in [-0.05, 0) is 44.9 Å². The molecule has 1 fully saturated rings. The number of unbranched alkanes of at least 4 members (excludes halogenated alkanes) is 4. The highest BCUT2D eigenvalue weighted by molar-refractivity contribution is 5.69. The van der Waals surface area contributed by atoms with Crippen LogP contribution in [0.2, 0.25) is 0 Å². The molecule has 28 heavy (non-hydrogen) atoms. The Labute approximate surface area is 171 Å². The smallest absolute Gasteiger partial charge is 0.306 e. The van der Waals surface area contributed by atoms with Crippen molar-refractivity contribution < 1.29 is 19.0 Å². The molecule has 1 heterocycles. The monoisotopic (exact) mass is 390 g/mol. The lowest BCUT2D eigenvalue weighted by Crippen LogP contribution is -2.33. The van der Waals surface area contributed by atoms with Crippen molar-refractivity contribution in [1.82, 2.24) is 0 Å². The number of hydrogen-bond acceptors (Lipinski definition) is 4. The first-order valence-electron chi connectivity index (χ1n) is 10.8. The van der Waals surface area contributed by atoms with Crippen LogP contribution in [0.15, 0.2) is 48.6 Å². The number of allylic oxidation sites excluding steroid dienone is 8. The number of hydrogen-bond donors (Lipinski definition) is 0. The third kappa shape index (κ3) is 15.4. The summed E-state index contributed by atoms with van der Waals surface area (Å²) < 4.78 is 15.5. The zero-order valence-corrected chi connectivity index (χ0v) is 17.5. The van der Waals surface area contributed by atoms with Crippen molar-refractivity contribution in [2.24, 2.45) is 0 Å². The zero-order valence-electron chi connectivity index (χ0n) is 17.5. The topological polar surface area (TPSA) is 44.8 Å². The molecular weight excluding hydrogens is 352 g/mol. The lowest BCUT2D eigenvalue weighted by atomic mass is 10.2. The molecule has 0 spiro atoms. The summed E-state index contributed by atoms with van der Waals surface area (Å²) in [6.45, 7) is 3.39. The van der Waals surface area contributed by atoms with E-state index < -0.39 is 0 Å². The lowest BCUT2D eigenvalue weighted by Gasteiger charge is -2.22. The maximum atomic E-state index is 11.7. The molecule has 0 N–H and O–H groups in total. The molecule has 158 valence electrons. The van der Waals surface area contributed by atoms with Crippen molar-refractivity contribution in [3.8, 4) is 0 Å². The van der Waals surface area contributed by atoms with Gasteiger partial charge in [0.1, 0.15) is 12.9 Å². The molecular formula is C24H38O4. The number of ether oxygens (including phenoxy) is 3. The van der Waals surface area contributed by atoms with E-state index in [2.05, 4.69) is 55.5 Å². The lowest BCUT2D eigenvalue weighted by molar-refractivity contribution is -0.183. The van der Waals surface area contributed by atoms with E-state index in [1.807, 2.05) is 0 Å². The largest absolute Gasteiger partial charge is 0.457 e. The summed E-state index contributed by atoms with van der Waals surface area (Å²) in [5.41, 5.74) is 0. The van der Waals surface area contributed by atoms with Crippen molar-refractivity contribution in [2.45, 2.75) is 77.2 Å². The fraction of sp³-hybridized carbons (Fsp3) is 0.625. The molecule has 4 heteroatoms. The van der Waals surface area contributed by atoms with E-state index in [1.54, 1.807) is 0 Å². The molecule has 0 amide bonds. The van der Waals surface area contributed by atoms with Crippen LogP contribution in [-0.2, 0) is 19.0 Å². The molecule has 0 aromatic rings. The third-order valence-electron chi connectivity index (χ3n) is 4.28. The summed E-state index contributed by atoms with van der Waals surface area (Å²) in [5, 5.41) is 0. The Morgan fingerprint density at radius 3 is 1.93 bits per heavy atom. The Hall–Kier alpha value is -1.65. The van der Waals surface area contributed by atoms with E-state index in [4.69, 9.17) is 14.2 Å². The second kappa shape index (κ2) is 18.7. The van der Waals surface area contributed by atoms with Gasteiger partial charge in [0, 0.05) is 6.42 Å². The Balaban J connectivity index is 1.91. The van der Waals surface area contributed by atoms with Crippen LogP contribution in [0, 0.1) is 0 Å². The summed E-state index contributed by atoms with van der Waals surface area (Å²) >= 11 is 0. The molecule has 0 bridgehead atoms. The van der Waals surface area contributed by atoms with Crippen LogP contribution in [0.3, 0.4) is 0 Å². The number of carbonyl (C=O) groups excluding carboxylic acids is 1. The zero-order chi connectivity index (χ0) is 20.1. The minimum atomic E-state index is -0.252. The van der Waals surface area contributed by atoms with Gasteiger partial charge in [0.15, 0.2) is 0 Å². The second-order valence-corrected chi connectivity index (χ2v) is 6.95. The van der Waals surface area contributed by atoms with Gasteiger partial charge in [0.25, 0.3) is 0 Å². The van der Waals surface area contributed by atoms with E-state index in [1.165, 1.54) is 25.7 Å². The van der Waals surface area contributed by atoms with Gasteiger partial charge in [0.2, 0.25) is 0 Å². The van der Waals surface area contributed by atoms with Gasteiger partial charge in [0.05, 0.1) is 13.2 Å². The van der Waals surface area contributed by atoms with Crippen LogP contribution in [0.4, 0.5) is 0 Å². The van der Waals surface area contributed by atoms with Crippen LogP contribution in [-0.4, -0.2) is 32.1 Å². The molecule has 0 atom stereocenters. The average Bonchev–Trinajstić information content (AvgIpc) is 2.71. The van der Waals surface area contributed by atoms with Gasteiger partial charge in [-0.2, -0.15) is 0 Å². The minimum Gasteiger partial charge on any atom is -0.457 e. The molecule has 0 saturated carbocycles. The molecule has 0 aliphatic carbocycles. The van der Waals surface area contributed by atoms with Gasteiger partial charge in [-0.1, -0.05) is 68.4 Å². The molecule has 1 aliphatic rings. The molecule has 1 saturated heterocycles. The van der Waals surface area contributed by atoms with Crippen molar-refractivity contribution in [3.05, 3.63) is 48.6 Å². The molecule has 0 aromatic heterocycles. The Morgan fingerprint density at radius 2 is 1.36 bits per heavy atom. The Bertz CT molecular complexity index is 485. The SMILES string of the molecule is CCCCC/C=C\C/C=C\C/C=C\C/C=C\CCCC(=O)OC1COCOC1. The molecule has 1 rings (SSSR count). The first-order valence-corrected chi connectivity index (χ1v) is 10.8. The third-order valence-corrected chi connectivity index (χ3v) is 4.28. The molecule has 0 radical (unpaired) electrons. The highest BCUT2D eigenvalue weighted by Gasteiger charge is 2.18. The summed E-state index contributed by atoms with van der Waals surface area (Å²) in [7, 11) is 0. The fourth-order valence-electron chi connectivity index (χ4n) is 2.70. The van der Waals surface area contributed by atoms with Crippen molar-refractivity contribution in [2.75, 3.05) is 20.0 Å². The summed E-state index contributed by atoms with van der Waals surface area (Å²) in [6, 6.07) is 0. The van der Waals surface area contributed by atoms with Gasteiger partial charge in [-0.3, -0.25) is 4.79 Å². The fourth-order valence-corrected chi connectivity index (χ4v) is 2.70. The summed E-state index contributed by atoms with van der Waals surface area (Å²) in [5.74, 6) is -0.171. The van der Waals surface area contributed by atoms with Crippen LogP contribution < -0.4 is 0 Å². The highest BCUT2D eigenvalue weighted by Crippen LogP contribution is 2.06. The predicted molar refractivity (Wildman–Crippen MR) is 115 cm³/mol. The molecule has 0 aromatic carbocycles. The predicted octanol–water partition coefficient (Wildman–Crippen LogP) is 6.05. The second-order valence-electron chi connectivity index (χ2n) is 6.95. The quantitative estimate of drug-likeness (QED) is 0.194. The first-order chi connectivity index (χ1) is 13.8. The average molecular weight is 391 g/mol. The van der Waals surface area contributed by atoms with E-state index in [0.717, 1.165) is 32.1 Å². The summed E-state index contributed by atoms with van der Waals surface area (Å²) in [4.78, 5) is 11.7. The van der Waals surface area contributed by atoms with Crippen molar-refractivity contribution in [3.63, 3.8) is 0 Å². The molecule has 0 unspecified atom stereocenters. The number of carbonyl (C=O) groups is 1. The van der Waals surface area contributed by atoms with Gasteiger partial charge >= 0.3 is 5.97 Å². The van der Waals surface area contributed by atoms with E-state index in [0.29, 0.717) is 26.4 Å². The Morgan fingerprint density at radius 1 is 0.821 bits per heavy atom. The van der Waals surface area contributed by atoms with Crippen LogP contribution >= 0.6 is 0 Å². The number of rotatable bonds is 15. The van der Waals surface area contributed by atoms with Gasteiger partial charge in [-0.25, -0.2) is 0 Å². The van der Waals surface area contributed by atoms with E-state index in [9.17, 15) is 4.79 Å². The van der Waals surface area contributed by atoms with E-state index >= 15 is 0 Å². The molecule has 1 aliphatic heterocycles.